The van der Waals surface area contributed by atoms with Crippen molar-refractivity contribution in [2.24, 2.45) is 0 Å². The van der Waals surface area contributed by atoms with Crippen molar-refractivity contribution in [2.45, 2.75) is 25.7 Å². The molecule has 0 saturated heterocycles. The normalized spacial score (nSPS) is 9.90. The van der Waals surface area contributed by atoms with Gasteiger partial charge in [0.05, 0.1) is 17.0 Å². The molecule has 1 rings (SSSR count). The number of ether oxygens (including phenoxy) is 1. The van der Waals surface area contributed by atoms with Gasteiger partial charge in [-0.15, -0.1) is 11.3 Å². The molecule has 0 fully saturated rings. The predicted octanol–water partition coefficient (Wildman–Crippen LogP) is 2.03. The SMILES string of the molecule is COCCCCCNC(=O)c1csc(C#CCCO)c1. The summed E-state index contributed by atoms with van der Waals surface area (Å²) in [5.41, 5.74) is 0.653. The van der Waals surface area contributed by atoms with Crippen molar-refractivity contribution in [3.05, 3.63) is 21.9 Å². The summed E-state index contributed by atoms with van der Waals surface area (Å²) in [6, 6.07) is 1.79. The van der Waals surface area contributed by atoms with Crippen molar-refractivity contribution in [3.8, 4) is 11.8 Å². The number of methoxy groups -OCH3 is 1. The summed E-state index contributed by atoms with van der Waals surface area (Å²) in [6.45, 7) is 1.52. The number of amides is 1. The molecule has 0 bridgehead atoms. The van der Waals surface area contributed by atoms with Crippen LogP contribution in [0.1, 0.15) is 40.9 Å². The minimum absolute atomic E-state index is 0.0526. The van der Waals surface area contributed by atoms with E-state index in [-0.39, 0.29) is 12.5 Å². The maximum absolute atomic E-state index is 11.9. The van der Waals surface area contributed by atoms with Crippen molar-refractivity contribution in [2.75, 3.05) is 26.9 Å². The topological polar surface area (TPSA) is 58.6 Å². The van der Waals surface area contributed by atoms with Crippen LogP contribution in [0.4, 0.5) is 0 Å². The average molecular weight is 295 g/mol. The number of unbranched alkanes of at least 4 members (excludes halogenated alkanes) is 2. The predicted molar refractivity (Wildman–Crippen MR) is 81.0 cm³/mol. The summed E-state index contributed by atoms with van der Waals surface area (Å²) in [5, 5.41) is 13.3. The molecule has 110 valence electrons. The second-order valence-corrected chi connectivity index (χ2v) is 5.20. The fourth-order valence-corrected chi connectivity index (χ4v) is 2.33. The van der Waals surface area contributed by atoms with Crippen LogP contribution in [0, 0.1) is 11.8 Å². The number of thiophene rings is 1. The van der Waals surface area contributed by atoms with E-state index in [2.05, 4.69) is 17.2 Å². The maximum atomic E-state index is 11.9. The number of aliphatic hydroxyl groups is 1. The van der Waals surface area contributed by atoms with E-state index in [9.17, 15) is 4.79 Å². The number of rotatable bonds is 8. The van der Waals surface area contributed by atoms with E-state index in [1.54, 1.807) is 13.2 Å². The second kappa shape index (κ2) is 10.4. The van der Waals surface area contributed by atoms with Crippen LogP contribution < -0.4 is 5.32 Å². The largest absolute Gasteiger partial charge is 0.395 e. The smallest absolute Gasteiger partial charge is 0.252 e. The Morgan fingerprint density at radius 2 is 2.30 bits per heavy atom. The van der Waals surface area contributed by atoms with Crippen LogP contribution in [-0.4, -0.2) is 37.9 Å². The van der Waals surface area contributed by atoms with Crippen LogP contribution in [-0.2, 0) is 4.74 Å². The van der Waals surface area contributed by atoms with Crippen LogP contribution in [0.2, 0.25) is 0 Å². The third-order valence-electron chi connectivity index (χ3n) is 2.62. The minimum Gasteiger partial charge on any atom is -0.395 e. The molecule has 4 nitrogen and oxygen atoms in total. The minimum atomic E-state index is -0.0526. The molecular weight excluding hydrogens is 274 g/mol. The highest BCUT2D eigenvalue weighted by Gasteiger charge is 2.06. The maximum Gasteiger partial charge on any atom is 0.252 e. The number of nitrogens with one attached hydrogen (secondary N) is 1. The number of hydrogen-bond acceptors (Lipinski definition) is 4. The number of carbonyl (C=O) groups is 1. The summed E-state index contributed by atoms with van der Waals surface area (Å²) in [5.74, 6) is 5.72. The zero-order valence-corrected chi connectivity index (χ0v) is 12.6. The van der Waals surface area contributed by atoms with Gasteiger partial charge in [0, 0.05) is 32.1 Å². The Bertz CT molecular complexity index is 459. The fourth-order valence-electron chi connectivity index (χ4n) is 1.58. The molecule has 1 aromatic rings. The second-order valence-electron chi connectivity index (χ2n) is 4.28. The van der Waals surface area contributed by atoms with Gasteiger partial charge in [0.2, 0.25) is 0 Å². The van der Waals surface area contributed by atoms with E-state index < -0.39 is 0 Å². The van der Waals surface area contributed by atoms with Gasteiger partial charge in [0.15, 0.2) is 0 Å². The zero-order chi connectivity index (χ0) is 14.6. The molecule has 0 radical (unpaired) electrons. The first kappa shape index (κ1) is 16.7. The molecule has 0 saturated carbocycles. The molecule has 0 aromatic carbocycles. The monoisotopic (exact) mass is 295 g/mol. The highest BCUT2D eigenvalue weighted by atomic mass is 32.1. The van der Waals surface area contributed by atoms with Crippen molar-refractivity contribution >= 4 is 17.2 Å². The van der Waals surface area contributed by atoms with Crippen molar-refractivity contribution in [1.82, 2.24) is 5.32 Å². The lowest BCUT2D eigenvalue weighted by Crippen LogP contribution is -2.23. The van der Waals surface area contributed by atoms with Crippen molar-refractivity contribution < 1.29 is 14.6 Å². The van der Waals surface area contributed by atoms with Gasteiger partial charge < -0.3 is 15.2 Å². The molecule has 0 unspecified atom stereocenters. The van der Waals surface area contributed by atoms with Crippen LogP contribution in [0.5, 0.6) is 0 Å². The molecule has 5 heteroatoms. The molecule has 0 aliphatic rings. The molecule has 2 N–H and O–H groups in total. The average Bonchev–Trinajstić information content (AvgIpc) is 2.92. The Hall–Kier alpha value is -1.35. The van der Waals surface area contributed by atoms with Gasteiger partial charge in [-0.3, -0.25) is 4.79 Å². The van der Waals surface area contributed by atoms with Gasteiger partial charge in [-0.25, -0.2) is 0 Å². The summed E-state index contributed by atoms with van der Waals surface area (Å²) < 4.78 is 4.97. The van der Waals surface area contributed by atoms with E-state index in [1.807, 2.05) is 5.38 Å². The first-order valence-electron chi connectivity index (χ1n) is 6.73. The lowest BCUT2D eigenvalue weighted by molar-refractivity contribution is 0.0953. The van der Waals surface area contributed by atoms with E-state index in [4.69, 9.17) is 9.84 Å². The summed E-state index contributed by atoms with van der Waals surface area (Å²) in [6.07, 6.45) is 3.49. The Balaban J connectivity index is 2.28. The number of carbonyl (C=O) groups excluding carboxylic acids is 1. The summed E-state index contributed by atoms with van der Waals surface area (Å²) in [7, 11) is 1.69. The van der Waals surface area contributed by atoms with Gasteiger partial charge in [0.25, 0.3) is 5.91 Å². The Morgan fingerprint density at radius 3 is 3.05 bits per heavy atom. The Labute approximate surface area is 124 Å². The number of hydrogen-bond donors (Lipinski definition) is 2. The van der Waals surface area contributed by atoms with Gasteiger partial charge in [-0.1, -0.05) is 11.8 Å². The first-order valence-corrected chi connectivity index (χ1v) is 7.61. The Kier molecular flexibility index (Phi) is 8.72. The molecule has 1 heterocycles. The zero-order valence-electron chi connectivity index (χ0n) is 11.8. The van der Waals surface area contributed by atoms with E-state index in [1.165, 1.54) is 11.3 Å². The molecule has 0 aliphatic heterocycles. The fraction of sp³-hybridized carbons (Fsp3) is 0.533. The van der Waals surface area contributed by atoms with Gasteiger partial charge in [-0.2, -0.15) is 0 Å². The molecule has 1 aromatic heterocycles. The van der Waals surface area contributed by atoms with Crippen LogP contribution in [0.15, 0.2) is 11.4 Å². The summed E-state index contributed by atoms with van der Waals surface area (Å²) >= 11 is 1.45. The highest BCUT2D eigenvalue weighted by Crippen LogP contribution is 2.13. The molecular formula is C15H21NO3S. The van der Waals surface area contributed by atoms with Gasteiger partial charge in [0.1, 0.15) is 0 Å². The molecule has 0 aliphatic carbocycles. The third-order valence-corrected chi connectivity index (χ3v) is 3.47. The lowest BCUT2D eigenvalue weighted by Gasteiger charge is -2.03. The lowest BCUT2D eigenvalue weighted by atomic mass is 10.2. The van der Waals surface area contributed by atoms with Crippen molar-refractivity contribution in [1.29, 1.82) is 0 Å². The highest BCUT2D eigenvalue weighted by molar-refractivity contribution is 7.10. The Morgan fingerprint density at radius 1 is 1.45 bits per heavy atom. The van der Waals surface area contributed by atoms with Crippen LogP contribution in [0.3, 0.4) is 0 Å². The number of aliphatic hydroxyl groups excluding tert-OH is 1. The third kappa shape index (κ3) is 6.71. The molecule has 0 spiro atoms. The van der Waals surface area contributed by atoms with Crippen LogP contribution >= 0.6 is 11.3 Å². The van der Waals surface area contributed by atoms with E-state index in [0.717, 1.165) is 30.7 Å². The molecule has 0 atom stereocenters. The molecule has 20 heavy (non-hydrogen) atoms. The summed E-state index contributed by atoms with van der Waals surface area (Å²) in [4.78, 5) is 12.7. The standard InChI is InChI=1S/C15H21NO3S/c1-19-10-6-2-4-8-16-15(18)13-11-14(20-12-13)7-3-5-9-17/h11-12,17H,2,4-6,8-10H2,1H3,(H,16,18). The van der Waals surface area contributed by atoms with E-state index in [0.29, 0.717) is 18.5 Å². The first-order chi connectivity index (χ1) is 9.77. The van der Waals surface area contributed by atoms with Gasteiger partial charge >= 0.3 is 0 Å². The van der Waals surface area contributed by atoms with E-state index >= 15 is 0 Å². The van der Waals surface area contributed by atoms with Crippen LogP contribution in [0.25, 0.3) is 0 Å². The van der Waals surface area contributed by atoms with Gasteiger partial charge in [-0.05, 0) is 25.3 Å². The quantitative estimate of drug-likeness (QED) is 0.570. The molecule has 1 amide bonds. The van der Waals surface area contributed by atoms with Crippen molar-refractivity contribution in [3.63, 3.8) is 0 Å².